The molecule has 27 heavy (non-hydrogen) atoms. The first-order valence-corrected chi connectivity index (χ1v) is 9.18. The summed E-state index contributed by atoms with van der Waals surface area (Å²) in [5.74, 6) is -0.833. The minimum absolute atomic E-state index is 0.0196. The number of benzene rings is 2. The van der Waals surface area contributed by atoms with E-state index in [9.17, 15) is 17.6 Å². The van der Waals surface area contributed by atoms with Crippen LogP contribution in [0.5, 0.6) is 5.75 Å². The van der Waals surface area contributed by atoms with E-state index in [2.05, 4.69) is 11.7 Å². The lowest BCUT2D eigenvalue weighted by Gasteiger charge is -2.27. The number of halogens is 4. The van der Waals surface area contributed by atoms with E-state index in [-0.39, 0.29) is 18.6 Å². The van der Waals surface area contributed by atoms with Gasteiger partial charge in [-0.1, -0.05) is 44.0 Å². The minimum Gasteiger partial charge on any atom is -0.461 e. The zero-order valence-electron chi connectivity index (χ0n) is 15.1. The Balaban J connectivity index is 1.75. The second-order valence-electron chi connectivity index (χ2n) is 6.75. The van der Waals surface area contributed by atoms with Crippen LogP contribution in [0.3, 0.4) is 0 Å². The van der Waals surface area contributed by atoms with Crippen molar-refractivity contribution in [3.8, 4) is 16.9 Å². The Kier molecular flexibility index (Phi) is 6.05. The molecule has 146 valence electrons. The first-order valence-electron chi connectivity index (χ1n) is 9.18. The van der Waals surface area contributed by atoms with E-state index in [1.165, 1.54) is 24.5 Å². The zero-order chi connectivity index (χ0) is 19.4. The molecule has 0 aliphatic carbocycles. The molecule has 0 saturated carbocycles. The average Bonchev–Trinajstić information content (AvgIpc) is 2.61. The predicted molar refractivity (Wildman–Crippen MR) is 94.9 cm³/mol. The molecule has 0 aromatic heterocycles. The van der Waals surface area contributed by atoms with Crippen LogP contribution in [0.4, 0.5) is 17.6 Å². The maximum absolute atomic E-state index is 14.4. The van der Waals surface area contributed by atoms with E-state index in [1.54, 1.807) is 6.07 Å². The molecule has 0 fully saturated rings. The molecule has 1 aliphatic heterocycles. The van der Waals surface area contributed by atoms with Gasteiger partial charge in [0.25, 0.3) is 0 Å². The number of rotatable bonds is 6. The zero-order valence-corrected chi connectivity index (χ0v) is 15.1. The van der Waals surface area contributed by atoms with Crippen LogP contribution >= 0.6 is 0 Å². The highest BCUT2D eigenvalue weighted by atomic mass is 19.4. The molecule has 1 heterocycles. The normalized spacial score (nSPS) is 16.7. The van der Waals surface area contributed by atoms with Crippen LogP contribution in [0.1, 0.15) is 43.7 Å². The molecular formula is C21H22F4O2. The highest BCUT2D eigenvalue weighted by Crippen LogP contribution is 2.36. The molecule has 2 aromatic rings. The molecule has 1 unspecified atom stereocenters. The van der Waals surface area contributed by atoms with Gasteiger partial charge in [-0.3, -0.25) is 4.74 Å². The van der Waals surface area contributed by atoms with Crippen LogP contribution in [0.2, 0.25) is 0 Å². The standard InChI is InChI=1S/C21H22F4O2/c1-2-3-4-5-14-6-8-15(9-7-14)17-12-16-10-11-19(27-21(23,24)25)26-20(16)18(22)13-17/h6-9,12-13,19H,2-5,10-11H2,1H3. The molecule has 0 saturated heterocycles. The number of hydrogen-bond acceptors (Lipinski definition) is 2. The first-order chi connectivity index (χ1) is 12.9. The van der Waals surface area contributed by atoms with Gasteiger partial charge in [-0.2, -0.15) is 0 Å². The Bertz CT molecular complexity index is 769. The molecule has 1 atom stereocenters. The van der Waals surface area contributed by atoms with Crippen molar-refractivity contribution >= 4 is 0 Å². The molecule has 0 amide bonds. The molecule has 6 heteroatoms. The van der Waals surface area contributed by atoms with Crippen LogP contribution in [0.25, 0.3) is 11.1 Å². The number of ether oxygens (including phenoxy) is 2. The van der Waals surface area contributed by atoms with Gasteiger partial charge in [-0.05, 0) is 53.6 Å². The first kappa shape index (κ1) is 19.7. The summed E-state index contributed by atoms with van der Waals surface area (Å²) in [4.78, 5) is 0. The smallest absolute Gasteiger partial charge is 0.461 e. The van der Waals surface area contributed by atoms with Crippen molar-refractivity contribution in [2.45, 2.75) is 58.1 Å². The Hall–Kier alpha value is -2.08. The van der Waals surface area contributed by atoms with Gasteiger partial charge in [0, 0.05) is 6.42 Å². The third kappa shape index (κ3) is 5.22. The second kappa shape index (κ2) is 8.30. The van der Waals surface area contributed by atoms with Gasteiger partial charge >= 0.3 is 6.36 Å². The summed E-state index contributed by atoms with van der Waals surface area (Å²) >= 11 is 0. The lowest BCUT2D eigenvalue weighted by atomic mass is 9.97. The van der Waals surface area contributed by atoms with Crippen LogP contribution in [0.15, 0.2) is 36.4 Å². The van der Waals surface area contributed by atoms with E-state index in [4.69, 9.17) is 4.74 Å². The van der Waals surface area contributed by atoms with Gasteiger partial charge < -0.3 is 4.74 Å². The third-order valence-corrected chi connectivity index (χ3v) is 4.64. The predicted octanol–water partition coefficient (Wildman–Crippen LogP) is 6.41. The molecule has 3 rings (SSSR count). The van der Waals surface area contributed by atoms with E-state index < -0.39 is 18.5 Å². The van der Waals surface area contributed by atoms with Crippen molar-refractivity contribution in [2.75, 3.05) is 0 Å². The summed E-state index contributed by atoms with van der Waals surface area (Å²) in [6.07, 6.45) is -1.53. The van der Waals surface area contributed by atoms with Gasteiger partial charge in [-0.25, -0.2) is 4.39 Å². The van der Waals surface area contributed by atoms with Gasteiger partial charge in [0.1, 0.15) is 0 Å². The Morgan fingerprint density at radius 1 is 1.07 bits per heavy atom. The highest BCUT2D eigenvalue weighted by Gasteiger charge is 2.36. The summed E-state index contributed by atoms with van der Waals surface area (Å²) in [7, 11) is 0. The highest BCUT2D eigenvalue weighted by molar-refractivity contribution is 5.66. The summed E-state index contributed by atoms with van der Waals surface area (Å²) in [5, 5.41) is 0. The number of fused-ring (bicyclic) bond motifs is 1. The van der Waals surface area contributed by atoms with Crippen molar-refractivity contribution < 1.29 is 27.0 Å². The monoisotopic (exact) mass is 382 g/mol. The van der Waals surface area contributed by atoms with Gasteiger partial charge in [0.05, 0.1) is 0 Å². The number of aryl methyl sites for hydroxylation is 2. The maximum Gasteiger partial charge on any atom is 0.525 e. The fraction of sp³-hybridized carbons (Fsp3) is 0.429. The summed E-state index contributed by atoms with van der Waals surface area (Å²) < 4.78 is 60.4. The Labute approximate surface area is 156 Å². The van der Waals surface area contributed by atoms with Gasteiger partial charge in [0.15, 0.2) is 11.6 Å². The lowest BCUT2D eigenvalue weighted by molar-refractivity contribution is -0.369. The third-order valence-electron chi connectivity index (χ3n) is 4.64. The summed E-state index contributed by atoms with van der Waals surface area (Å²) in [5.41, 5.74) is 3.34. The fourth-order valence-electron chi connectivity index (χ4n) is 3.27. The number of hydrogen-bond donors (Lipinski definition) is 0. The van der Waals surface area contributed by atoms with Crippen molar-refractivity contribution in [2.24, 2.45) is 0 Å². The molecular weight excluding hydrogens is 360 g/mol. The topological polar surface area (TPSA) is 18.5 Å². The van der Waals surface area contributed by atoms with Crippen molar-refractivity contribution in [3.63, 3.8) is 0 Å². The van der Waals surface area contributed by atoms with Crippen LogP contribution in [-0.4, -0.2) is 12.7 Å². The average molecular weight is 382 g/mol. The quantitative estimate of drug-likeness (QED) is 0.424. The molecule has 0 bridgehead atoms. The van der Waals surface area contributed by atoms with Crippen molar-refractivity contribution in [3.05, 3.63) is 53.3 Å². The van der Waals surface area contributed by atoms with E-state index in [0.29, 0.717) is 11.1 Å². The van der Waals surface area contributed by atoms with Gasteiger partial charge in [0.2, 0.25) is 6.29 Å². The second-order valence-corrected chi connectivity index (χ2v) is 6.75. The van der Waals surface area contributed by atoms with Crippen molar-refractivity contribution in [1.82, 2.24) is 0 Å². The van der Waals surface area contributed by atoms with E-state index >= 15 is 0 Å². The van der Waals surface area contributed by atoms with Crippen LogP contribution in [-0.2, 0) is 17.6 Å². The Morgan fingerprint density at radius 3 is 2.48 bits per heavy atom. The van der Waals surface area contributed by atoms with Crippen LogP contribution in [0, 0.1) is 5.82 Å². The molecule has 0 radical (unpaired) electrons. The molecule has 0 N–H and O–H groups in total. The molecule has 0 spiro atoms. The number of unbranched alkanes of at least 4 members (excludes halogenated alkanes) is 2. The van der Waals surface area contributed by atoms with Crippen LogP contribution < -0.4 is 4.74 Å². The van der Waals surface area contributed by atoms with Crippen molar-refractivity contribution in [1.29, 1.82) is 0 Å². The minimum atomic E-state index is -4.81. The summed E-state index contributed by atoms with van der Waals surface area (Å²) in [6, 6.07) is 11.0. The number of alkyl halides is 3. The van der Waals surface area contributed by atoms with E-state index in [0.717, 1.165) is 18.4 Å². The maximum atomic E-state index is 14.4. The fourth-order valence-corrected chi connectivity index (χ4v) is 3.27. The largest absolute Gasteiger partial charge is 0.525 e. The SMILES string of the molecule is CCCCCc1ccc(-c2cc(F)c3c(c2)CCC(OC(F)(F)F)O3)cc1. The van der Waals surface area contributed by atoms with E-state index in [1.807, 2.05) is 24.3 Å². The molecule has 1 aliphatic rings. The summed E-state index contributed by atoms with van der Waals surface area (Å²) in [6.45, 7) is 2.16. The van der Waals surface area contributed by atoms with Gasteiger partial charge in [-0.15, -0.1) is 13.2 Å². The lowest BCUT2D eigenvalue weighted by Crippen LogP contribution is -2.32. The Morgan fingerprint density at radius 2 is 1.81 bits per heavy atom. The molecule has 2 aromatic carbocycles. The molecule has 2 nitrogen and oxygen atoms in total.